The second-order valence-corrected chi connectivity index (χ2v) is 6.07. The number of nitrogens with zero attached hydrogens (tertiary/aromatic N) is 1. The molecule has 0 aliphatic carbocycles. The average molecular weight is 398 g/mol. The molecule has 3 amide bonds. The highest BCUT2D eigenvalue weighted by molar-refractivity contribution is 6.46. The van der Waals surface area contributed by atoms with Crippen LogP contribution in [0.3, 0.4) is 0 Å². The summed E-state index contributed by atoms with van der Waals surface area (Å²) in [6.07, 6.45) is -1.29. The lowest BCUT2D eigenvalue weighted by atomic mass is 10.3. The van der Waals surface area contributed by atoms with Crippen LogP contribution >= 0.6 is 34.8 Å². The summed E-state index contributed by atoms with van der Waals surface area (Å²) < 4.78 is 4.90. The fourth-order valence-corrected chi connectivity index (χ4v) is 2.03. The van der Waals surface area contributed by atoms with E-state index in [4.69, 9.17) is 45.3 Å². The van der Waals surface area contributed by atoms with Crippen molar-refractivity contribution in [2.45, 2.75) is 32.9 Å². The van der Waals surface area contributed by atoms with Gasteiger partial charge in [-0.1, -0.05) is 34.8 Å². The fraction of sp³-hybridized carbons (Fsp3) is 0.385. The van der Waals surface area contributed by atoms with Gasteiger partial charge < -0.3 is 15.8 Å². The zero-order chi connectivity index (χ0) is 18.6. The van der Waals surface area contributed by atoms with Gasteiger partial charge in [0.25, 0.3) is 5.91 Å². The monoisotopic (exact) mass is 396 g/mol. The van der Waals surface area contributed by atoms with Crippen LogP contribution in [0.1, 0.15) is 31.3 Å². The number of esters is 1. The van der Waals surface area contributed by atoms with E-state index in [1.807, 2.05) is 5.32 Å². The molecule has 0 aromatic carbocycles. The molecule has 0 radical (unpaired) electrons. The number of rotatable bonds is 4. The number of halogens is 3. The highest BCUT2D eigenvalue weighted by atomic mass is 35.5. The summed E-state index contributed by atoms with van der Waals surface area (Å²) in [5, 5.41) is 3.88. The molecule has 1 heterocycles. The molecule has 0 bridgehead atoms. The van der Waals surface area contributed by atoms with Gasteiger partial charge in [-0.3, -0.25) is 10.1 Å². The predicted molar refractivity (Wildman–Crippen MR) is 90.4 cm³/mol. The maximum atomic E-state index is 12.1. The normalized spacial score (nSPS) is 11.8. The van der Waals surface area contributed by atoms with Crippen molar-refractivity contribution in [2.75, 3.05) is 5.73 Å². The second-order valence-electron chi connectivity index (χ2n) is 4.96. The average Bonchev–Trinajstić information content (AvgIpc) is 2.47. The molecule has 1 rings (SSSR count). The number of imide groups is 1. The smallest absolute Gasteiger partial charge is 0.359 e. The second kappa shape index (κ2) is 8.36. The first-order valence-electron chi connectivity index (χ1n) is 6.66. The SMILES string of the molecule is CC(C)NC(=O)NC(=O)[C@H](C)OC(=O)c1nc(Cl)c(Cl)c(N)c1Cl. The van der Waals surface area contributed by atoms with E-state index >= 15 is 0 Å². The van der Waals surface area contributed by atoms with Crippen molar-refractivity contribution in [1.82, 2.24) is 15.6 Å². The number of amides is 3. The Hall–Kier alpha value is -1.77. The van der Waals surface area contributed by atoms with Gasteiger partial charge in [-0.05, 0) is 20.8 Å². The number of hydrogen-bond acceptors (Lipinski definition) is 6. The van der Waals surface area contributed by atoms with Gasteiger partial charge in [0.15, 0.2) is 17.0 Å². The molecule has 0 aliphatic heterocycles. The molecule has 0 aliphatic rings. The highest BCUT2D eigenvalue weighted by Gasteiger charge is 2.25. The summed E-state index contributed by atoms with van der Waals surface area (Å²) in [6.45, 7) is 4.70. The van der Waals surface area contributed by atoms with Gasteiger partial charge >= 0.3 is 12.0 Å². The zero-order valence-electron chi connectivity index (χ0n) is 12.9. The van der Waals surface area contributed by atoms with Crippen LogP contribution in [0.15, 0.2) is 0 Å². The summed E-state index contributed by atoms with van der Waals surface area (Å²) in [4.78, 5) is 39.0. The summed E-state index contributed by atoms with van der Waals surface area (Å²) in [5.41, 5.74) is 5.06. The van der Waals surface area contributed by atoms with E-state index in [9.17, 15) is 14.4 Å². The molecule has 1 aromatic rings. The Morgan fingerprint density at radius 2 is 1.71 bits per heavy atom. The lowest BCUT2D eigenvalue weighted by Gasteiger charge is -2.15. The molecule has 0 unspecified atom stereocenters. The highest BCUT2D eigenvalue weighted by Crippen LogP contribution is 2.34. The number of anilines is 1. The number of nitrogens with one attached hydrogen (secondary N) is 2. The standard InChI is InChI=1S/C13H15Cl3N4O4/c1-4(2)18-13(23)20-11(21)5(3)24-12(22)9-6(14)8(17)7(15)10(16)19-9/h4-5H,1-3H3,(H2,17,19)(H2,18,20,21,23)/t5-/m0/s1. The van der Waals surface area contributed by atoms with E-state index < -0.39 is 29.7 Å². The summed E-state index contributed by atoms with van der Waals surface area (Å²) in [6, 6.07) is -0.884. The van der Waals surface area contributed by atoms with Crippen LogP contribution in [0.4, 0.5) is 10.5 Å². The first kappa shape index (κ1) is 20.3. The third kappa shape index (κ3) is 5.12. The minimum atomic E-state index is -1.29. The fourth-order valence-electron chi connectivity index (χ4n) is 1.45. The number of carbonyl (C=O) groups is 3. The van der Waals surface area contributed by atoms with E-state index in [1.54, 1.807) is 13.8 Å². The first-order valence-corrected chi connectivity index (χ1v) is 7.80. The van der Waals surface area contributed by atoms with Crippen molar-refractivity contribution in [3.8, 4) is 0 Å². The van der Waals surface area contributed by atoms with Crippen molar-refractivity contribution in [3.63, 3.8) is 0 Å². The van der Waals surface area contributed by atoms with Crippen LogP contribution in [0.25, 0.3) is 0 Å². The molecule has 132 valence electrons. The number of urea groups is 1. The molecule has 0 saturated carbocycles. The van der Waals surface area contributed by atoms with Crippen LogP contribution in [-0.2, 0) is 9.53 Å². The Morgan fingerprint density at radius 3 is 2.25 bits per heavy atom. The van der Waals surface area contributed by atoms with E-state index in [2.05, 4.69) is 10.3 Å². The Balaban J connectivity index is 2.81. The number of ether oxygens (including phenoxy) is 1. The van der Waals surface area contributed by atoms with Crippen molar-refractivity contribution in [3.05, 3.63) is 20.9 Å². The molecule has 11 heteroatoms. The molecular formula is C13H15Cl3N4O4. The van der Waals surface area contributed by atoms with Crippen molar-refractivity contribution in [2.24, 2.45) is 0 Å². The molecule has 0 fully saturated rings. The minimum Gasteiger partial charge on any atom is -0.448 e. The quantitative estimate of drug-likeness (QED) is 0.529. The lowest BCUT2D eigenvalue weighted by molar-refractivity contribution is -0.127. The number of nitrogens with two attached hydrogens (primary N) is 1. The lowest BCUT2D eigenvalue weighted by Crippen LogP contribution is -2.46. The maximum Gasteiger partial charge on any atom is 0.359 e. The van der Waals surface area contributed by atoms with Gasteiger partial charge in [-0.2, -0.15) is 0 Å². The number of carbonyl (C=O) groups excluding carboxylic acids is 3. The Bertz CT molecular complexity index is 682. The summed E-state index contributed by atoms with van der Waals surface area (Å²) in [7, 11) is 0. The van der Waals surface area contributed by atoms with Crippen molar-refractivity contribution in [1.29, 1.82) is 0 Å². The number of pyridine rings is 1. The van der Waals surface area contributed by atoms with Gasteiger partial charge in [0.05, 0.1) is 10.7 Å². The Kier molecular flexibility index (Phi) is 7.07. The number of aromatic nitrogens is 1. The predicted octanol–water partition coefficient (Wildman–Crippen LogP) is 2.40. The van der Waals surface area contributed by atoms with Gasteiger partial charge in [0, 0.05) is 6.04 Å². The zero-order valence-corrected chi connectivity index (χ0v) is 15.2. The molecule has 1 aromatic heterocycles. The molecular weight excluding hydrogens is 383 g/mol. The van der Waals surface area contributed by atoms with Crippen molar-refractivity contribution >= 4 is 58.4 Å². The maximum absolute atomic E-state index is 12.1. The molecule has 24 heavy (non-hydrogen) atoms. The molecule has 8 nitrogen and oxygen atoms in total. The number of hydrogen-bond donors (Lipinski definition) is 3. The van der Waals surface area contributed by atoms with Crippen LogP contribution in [-0.4, -0.2) is 35.0 Å². The van der Waals surface area contributed by atoms with Crippen molar-refractivity contribution < 1.29 is 19.1 Å². The van der Waals surface area contributed by atoms with Gasteiger partial charge in [-0.15, -0.1) is 0 Å². The Morgan fingerprint density at radius 1 is 1.12 bits per heavy atom. The Labute approximate surface area is 153 Å². The van der Waals surface area contributed by atoms with Gasteiger partial charge in [0.1, 0.15) is 5.02 Å². The van der Waals surface area contributed by atoms with Crippen LogP contribution < -0.4 is 16.4 Å². The van der Waals surface area contributed by atoms with E-state index in [0.29, 0.717) is 0 Å². The van der Waals surface area contributed by atoms with Gasteiger partial charge in [-0.25, -0.2) is 14.6 Å². The topological polar surface area (TPSA) is 123 Å². The van der Waals surface area contributed by atoms with Crippen LogP contribution in [0.5, 0.6) is 0 Å². The van der Waals surface area contributed by atoms with E-state index in [0.717, 1.165) is 0 Å². The minimum absolute atomic E-state index is 0.102. The third-order valence-electron chi connectivity index (χ3n) is 2.57. The molecule has 0 saturated heterocycles. The van der Waals surface area contributed by atoms with Crippen LogP contribution in [0.2, 0.25) is 15.2 Å². The van der Waals surface area contributed by atoms with E-state index in [-0.39, 0.29) is 26.9 Å². The summed E-state index contributed by atoms with van der Waals surface area (Å²) in [5.74, 6) is -1.87. The largest absolute Gasteiger partial charge is 0.448 e. The third-order valence-corrected chi connectivity index (χ3v) is 3.71. The number of nitrogen functional groups attached to an aromatic ring is 1. The van der Waals surface area contributed by atoms with Crippen LogP contribution in [0, 0.1) is 0 Å². The van der Waals surface area contributed by atoms with Gasteiger partial charge in [0.2, 0.25) is 0 Å². The molecule has 4 N–H and O–H groups in total. The van der Waals surface area contributed by atoms with E-state index in [1.165, 1.54) is 6.92 Å². The molecule has 0 spiro atoms. The first-order chi connectivity index (χ1) is 11.0. The summed E-state index contributed by atoms with van der Waals surface area (Å²) >= 11 is 17.4. The molecule has 1 atom stereocenters.